The topological polar surface area (TPSA) is 55.4 Å². The summed E-state index contributed by atoms with van der Waals surface area (Å²) < 4.78 is 6.20. The van der Waals surface area contributed by atoms with Crippen LogP contribution in [0.25, 0.3) is 0 Å². The number of halogens is 2. The normalized spacial score (nSPS) is 10.3. The van der Waals surface area contributed by atoms with Crippen LogP contribution in [0.15, 0.2) is 34.8 Å². The van der Waals surface area contributed by atoms with Crippen molar-refractivity contribution >= 4 is 50.6 Å². The molecule has 22 heavy (non-hydrogen) atoms. The predicted octanol–water partition coefficient (Wildman–Crippen LogP) is 4.06. The Balaban J connectivity index is 1.93. The van der Waals surface area contributed by atoms with Crippen LogP contribution >= 0.6 is 38.9 Å². The number of thiophene rings is 1. The first-order valence-corrected chi connectivity index (χ1v) is 8.38. The Kier molecular flexibility index (Phi) is 5.99. The molecule has 116 valence electrons. The van der Waals surface area contributed by atoms with Gasteiger partial charge in [0.2, 0.25) is 11.7 Å². The van der Waals surface area contributed by atoms with Crippen molar-refractivity contribution in [3.05, 3.63) is 49.6 Å². The maximum Gasteiger partial charge on any atom is 0.217 e. The molecule has 1 amide bonds. The lowest BCUT2D eigenvalue weighted by Crippen LogP contribution is -2.18. The molecule has 7 heteroatoms. The molecule has 0 saturated heterocycles. The Morgan fingerprint density at radius 3 is 2.77 bits per heavy atom. The molecular weight excluding hydrogens is 390 g/mol. The zero-order chi connectivity index (χ0) is 16.1. The van der Waals surface area contributed by atoms with Crippen LogP contribution in [0.2, 0.25) is 5.02 Å². The molecule has 0 unspecified atom stereocenters. The van der Waals surface area contributed by atoms with Gasteiger partial charge in [-0.1, -0.05) is 11.6 Å². The first-order chi connectivity index (χ1) is 10.5. The molecule has 0 spiro atoms. The molecule has 0 saturated carbocycles. The van der Waals surface area contributed by atoms with Crippen LogP contribution in [-0.2, 0) is 11.3 Å². The molecule has 2 rings (SSSR count). The van der Waals surface area contributed by atoms with Crippen LogP contribution in [0, 0.1) is 0 Å². The summed E-state index contributed by atoms with van der Waals surface area (Å²) in [6, 6.07) is 8.67. The van der Waals surface area contributed by atoms with Gasteiger partial charge in [-0.25, -0.2) is 0 Å². The van der Waals surface area contributed by atoms with Crippen molar-refractivity contribution in [1.29, 1.82) is 0 Å². The number of carbonyl (C=O) groups excluding carboxylic acids is 2. The van der Waals surface area contributed by atoms with E-state index in [2.05, 4.69) is 21.2 Å². The number of amides is 1. The van der Waals surface area contributed by atoms with Gasteiger partial charge in [0.15, 0.2) is 6.61 Å². The first kappa shape index (κ1) is 17.0. The Morgan fingerprint density at radius 1 is 1.32 bits per heavy atom. The van der Waals surface area contributed by atoms with E-state index in [4.69, 9.17) is 16.3 Å². The van der Waals surface area contributed by atoms with Crippen molar-refractivity contribution in [2.24, 2.45) is 0 Å². The molecule has 1 heterocycles. The Hall–Kier alpha value is -1.37. The molecule has 0 atom stereocenters. The second kappa shape index (κ2) is 7.76. The summed E-state index contributed by atoms with van der Waals surface area (Å²) in [7, 11) is 0. The molecule has 2 aromatic rings. The van der Waals surface area contributed by atoms with Gasteiger partial charge in [-0.05, 0) is 46.3 Å². The van der Waals surface area contributed by atoms with Crippen LogP contribution in [0.3, 0.4) is 0 Å². The molecule has 0 aliphatic rings. The fraction of sp³-hybridized carbons (Fsp3) is 0.200. The Labute approximate surface area is 145 Å². The van der Waals surface area contributed by atoms with Crippen molar-refractivity contribution in [3.63, 3.8) is 0 Å². The van der Waals surface area contributed by atoms with Gasteiger partial charge in [-0.2, -0.15) is 0 Å². The molecule has 0 bridgehead atoms. The highest BCUT2D eigenvalue weighted by Gasteiger charge is 2.11. The molecule has 0 fully saturated rings. The zero-order valence-electron chi connectivity index (χ0n) is 11.7. The second-order valence-electron chi connectivity index (χ2n) is 4.46. The van der Waals surface area contributed by atoms with E-state index in [0.29, 0.717) is 26.7 Å². The third-order valence-corrected chi connectivity index (χ3v) is 4.68. The van der Waals surface area contributed by atoms with E-state index in [1.54, 1.807) is 24.3 Å². The fourth-order valence-electron chi connectivity index (χ4n) is 1.64. The molecular formula is C15H13BrClNO3S. The lowest BCUT2D eigenvalue weighted by Gasteiger charge is -2.07. The summed E-state index contributed by atoms with van der Waals surface area (Å²) in [5.41, 5.74) is 0. The maximum absolute atomic E-state index is 12.1. The van der Waals surface area contributed by atoms with Crippen LogP contribution in [0.4, 0.5) is 0 Å². The molecule has 0 radical (unpaired) electrons. The lowest BCUT2D eigenvalue weighted by molar-refractivity contribution is -0.119. The standard InChI is InChI=1S/C15H13BrClNO3S/c1-9(19)18-7-11-3-5-15(22-11)13(20)8-21-14-4-2-10(17)6-12(14)16/h2-6H,7-8H2,1H3,(H,18,19). The molecule has 1 aromatic carbocycles. The number of hydrogen-bond donors (Lipinski definition) is 1. The smallest absolute Gasteiger partial charge is 0.217 e. The van der Waals surface area contributed by atoms with Crippen molar-refractivity contribution in [2.45, 2.75) is 13.5 Å². The quantitative estimate of drug-likeness (QED) is 0.741. The molecule has 1 aromatic heterocycles. The van der Waals surface area contributed by atoms with E-state index >= 15 is 0 Å². The van der Waals surface area contributed by atoms with Crippen molar-refractivity contribution in [1.82, 2.24) is 5.32 Å². The average molecular weight is 403 g/mol. The summed E-state index contributed by atoms with van der Waals surface area (Å²) in [6.45, 7) is 1.83. The van der Waals surface area contributed by atoms with E-state index in [0.717, 1.165) is 4.88 Å². The number of Topliss-reactive ketones (excluding diaryl/α,β-unsaturated/α-hetero) is 1. The van der Waals surface area contributed by atoms with Gasteiger partial charge < -0.3 is 10.1 Å². The van der Waals surface area contributed by atoms with Gasteiger partial charge in [0.05, 0.1) is 15.9 Å². The Morgan fingerprint density at radius 2 is 2.09 bits per heavy atom. The number of rotatable bonds is 6. The highest BCUT2D eigenvalue weighted by molar-refractivity contribution is 9.10. The molecule has 0 aliphatic carbocycles. The van der Waals surface area contributed by atoms with Gasteiger partial charge in [0, 0.05) is 16.8 Å². The number of nitrogens with one attached hydrogen (secondary N) is 1. The summed E-state index contributed by atoms with van der Waals surface area (Å²) in [5.74, 6) is 0.353. The lowest BCUT2D eigenvalue weighted by atomic mass is 10.3. The van der Waals surface area contributed by atoms with E-state index in [9.17, 15) is 9.59 Å². The van der Waals surface area contributed by atoms with E-state index in [1.807, 2.05) is 6.07 Å². The monoisotopic (exact) mass is 401 g/mol. The molecule has 0 aliphatic heterocycles. The summed E-state index contributed by atoms with van der Waals surface area (Å²) in [4.78, 5) is 24.5. The molecule has 1 N–H and O–H groups in total. The summed E-state index contributed by atoms with van der Waals surface area (Å²) in [6.07, 6.45) is 0. The number of ether oxygens (including phenoxy) is 1. The number of carbonyl (C=O) groups is 2. The van der Waals surface area contributed by atoms with Gasteiger partial charge in [-0.3, -0.25) is 9.59 Å². The highest BCUT2D eigenvalue weighted by Crippen LogP contribution is 2.28. The fourth-order valence-corrected chi connectivity index (χ4v) is 3.31. The van der Waals surface area contributed by atoms with E-state index < -0.39 is 0 Å². The van der Waals surface area contributed by atoms with E-state index in [1.165, 1.54) is 18.3 Å². The van der Waals surface area contributed by atoms with Gasteiger partial charge >= 0.3 is 0 Å². The average Bonchev–Trinajstić information content (AvgIpc) is 2.93. The van der Waals surface area contributed by atoms with Crippen LogP contribution < -0.4 is 10.1 Å². The van der Waals surface area contributed by atoms with Crippen LogP contribution in [0.1, 0.15) is 21.5 Å². The third-order valence-electron chi connectivity index (χ3n) is 2.70. The minimum Gasteiger partial charge on any atom is -0.484 e. The van der Waals surface area contributed by atoms with Crippen molar-refractivity contribution < 1.29 is 14.3 Å². The maximum atomic E-state index is 12.1. The van der Waals surface area contributed by atoms with Crippen molar-refractivity contribution in [3.8, 4) is 5.75 Å². The van der Waals surface area contributed by atoms with E-state index in [-0.39, 0.29) is 18.3 Å². The van der Waals surface area contributed by atoms with Crippen LogP contribution in [-0.4, -0.2) is 18.3 Å². The minimum absolute atomic E-state index is 0.0552. The summed E-state index contributed by atoms with van der Waals surface area (Å²) >= 11 is 10.5. The number of benzene rings is 1. The highest BCUT2D eigenvalue weighted by atomic mass is 79.9. The zero-order valence-corrected chi connectivity index (χ0v) is 14.8. The van der Waals surface area contributed by atoms with Crippen LogP contribution in [0.5, 0.6) is 5.75 Å². The van der Waals surface area contributed by atoms with Gasteiger partial charge in [0.1, 0.15) is 5.75 Å². The van der Waals surface area contributed by atoms with Gasteiger partial charge in [0.25, 0.3) is 0 Å². The first-order valence-electron chi connectivity index (χ1n) is 6.40. The Bertz CT molecular complexity index is 702. The predicted molar refractivity (Wildman–Crippen MR) is 90.8 cm³/mol. The molecule has 4 nitrogen and oxygen atoms in total. The summed E-state index contributed by atoms with van der Waals surface area (Å²) in [5, 5.41) is 3.28. The van der Waals surface area contributed by atoms with Crippen molar-refractivity contribution in [2.75, 3.05) is 6.61 Å². The number of ketones is 1. The minimum atomic E-state index is -0.110. The SMILES string of the molecule is CC(=O)NCc1ccc(C(=O)COc2ccc(Cl)cc2Br)s1. The third kappa shape index (κ3) is 4.83. The largest absolute Gasteiger partial charge is 0.484 e. The second-order valence-corrected chi connectivity index (χ2v) is 6.92. The van der Waals surface area contributed by atoms with Gasteiger partial charge in [-0.15, -0.1) is 11.3 Å². The number of hydrogen-bond acceptors (Lipinski definition) is 4.